The van der Waals surface area contributed by atoms with Gasteiger partial charge in [0, 0.05) is 5.56 Å². The molecule has 0 saturated heterocycles. The van der Waals surface area contributed by atoms with E-state index in [2.05, 4.69) is 16.9 Å². The summed E-state index contributed by atoms with van der Waals surface area (Å²) in [4.78, 5) is 20.6. The second-order valence-corrected chi connectivity index (χ2v) is 6.04. The van der Waals surface area contributed by atoms with Crippen LogP contribution in [0.25, 0.3) is 11.3 Å². The van der Waals surface area contributed by atoms with E-state index >= 15 is 0 Å². The molecule has 0 saturated carbocycles. The van der Waals surface area contributed by atoms with E-state index in [0.717, 1.165) is 17.7 Å². The van der Waals surface area contributed by atoms with Crippen LogP contribution in [0.15, 0.2) is 24.3 Å². The molecule has 6 heteroatoms. The molecular weight excluding hydrogens is 330 g/mol. The van der Waals surface area contributed by atoms with E-state index in [1.807, 2.05) is 24.3 Å². The zero-order chi connectivity index (χ0) is 18.9. The van der Waals surface area contributed by atoms with E-state index in [1.165, 1.54) is 19.3 Å². The molecule has 26 heavy (non-hydrogen) atoms. The second kappa shape index (κ2) is 9.75. The van der Waals surface area contributed by atoms with Crippen molar-refractivity contribution in [3.8, 4) is 17.0 Å². The van der Waals surface area contributed by atoms with Gasteiger partial charge in [0.2, 0.25) is 5.95 Å². The highest BCUT2D eigenvalue weighted by Gasteiger charge is 2.20. The Labute approximate surface area is 154 Å². The van der Waals surface area contributed by atoms with Crippen molar-refractivity contribution in [3.05, 3.63) is 35.5 Å². The fourth-order valence-corrected chi connectivity index (χ4v) is 2.68. The van der Waals surface area contributed by atoms with Crippen molar-refractivity contribution in [1.29, 1.82) is 0 Å². The molecule has 2 N–H and O–H groups in total. The number of aromatic nitrogens is 2. The fourth-order valence-electron chi connectivity index (χ4n) is 2.68. The van der Waals surface area contributed by atoms with Crippen LogP contribution in [0.4, 0.5) is 5.95 Å². The number of anilines is 1. The van der Waals surface area contributed by atoms with Crippen molar-refractivity contribution in [2.24, 2.45) is 0 Å². The van der Waals surface area contributed by atoms with Gasteiger partial charge in [0.05, 0.1) is 24.6 Å². The molecule has 2 aromatic rings. The Kier molecular flexibility index (Phi) is 7.38. The molecule has 0 spiro atoms. The van der Waals surface area contributed by atoms with Crippen LogP contribution < -0.4 is 10.5 Å². The molecule has 0 aliphatic rings. The Bertz CT molecular complexity index is 730. The molecule has 0 aliphatic heterocycles. The number of esters is 1. The van der Waals surface area contributed by atoms with Crippen LogP contribution in [-0.2, 0) is 4.74 Å². The van der Waals surface area contributed by atoms with Crippen LogP contribution in [0.5, 0.6) is 5.75 Å². The molecule has 0 unspecified atom stereocenters. The van der Waals surface area contributed by atoms with Crippen molar-refractivity contribution in [1.82, 2.24) is 9.97 Å². The minimum atomic E-state index is -0.448. The third kappa shape index (κ3) is 5.18. The van der Waals surface area contributed by atoms with Gasteiger partial charge in [-0.25, -0.2) is 14.8 Å². The van der Waals surface area contributed by atoms with Crippen LogP contribution in [0.3, 0.4) is 0 Å². The zero-order valence-corrected chi connectivity index (χ0v) is 15.7. The van der Waals surface area contributed by atoms with E-state index < -0.39 is 5.97 Å². The number of carbonyl (C=O) groups excluding carboxylic acids is 1. The molecule has 6 nitrogen and oxygen atoms in total. The number of hydrogen-bond acceptors (Lipinski definition) is 6. The predicted molar refractivity (Wildman–Crippen MR) is 102 cm³/mol. The van der Waals surface area contributed by atoms with Crippen molar-refractivity contribution in [3.63, 3.8) is 0 Å². The van der Waals surface area contributed by atoms with Crippen LogP contribution in [-0.4, -0.2) is 29.2 Å². The van der Waals surface area contributed by atoms with E-state index in [9.17, 15) is 4.79 Å². The number of nitrogens with two attached hydrogens (primary N) is 1. The summed E-state index contributed by atoms with van der Waals surface area (Å²) in [6.07, 6.45) is 4.66. The van der Waals surface area contributed by atoms with E-state index in [1.54, 1.807) is 13.8 Å². The van der Waals surface area contributed by atoms with Gasteiger partial charge < -0.3 is 15.2 Å². The third-order valence-corrected chi connectivity index (χ3v) is 3.98. The number of aryl methyl sites for hydroxylation is 1. The van der Waals surface area contributed by atoms with Gasteiger partial charge in [-0.2, -0.15) is 0 Å². The first kappa shape index (κ1) is 19.7. The lowest BCUT2D eigenvalue weighted by molar-refractivity contribution is 0.0525. The lowest BCUT2D eigenvalue weighted by atomic mass is 10.0. The van der Waals surface area contributed by atoms with Crippen molar-refractivity contribution < 1.29 is 14.3 Å². The number of hydrogen-bond donors (Lipinski definition) is 1. The molecule has 1 aromatic heterocycles. The van der Waals surface area contributed by atoms with Crippen LogP contribution in [0, 0.1) is 6.92 Å². The van der Waals surface area contributed by atoms with Gasteiger partial charge in [-0.15, -0.1) is 0 Å². The summed E-state index contributed by atoms with van der Waals surface area (Å²) < 4.78 is 10.9. The monoisotopic (exact) mass is 357 g/mol. The van der Waals surface area contributed by atoms with E-state index in [0.29, 0.717) is 23.6 Å². The summed E-state index contributed by atoms with van der Waals surface area (Å²) in [5, 5.41) is 0. The normalized spacial score (nSPS) is 10.6. The standard InChI is InChI=1S/C20H27N3O3/c1-4-6-7-8-13-26-16-11-9-15(10-12-16)18-17(19(24)25-5-2)14(3)22-20(21)23-18/h9-12H,4-8,13H2,1-3H3,(H2,21,22,23). The third-order valence-electron chi connectivity index (χ3n) is 3.98. The molecule has 140 valence electrons. The van der Waals surface area contributed by atoms with E-state index in [-0.39, 0.29) is 12.6 Å². The average molecular weight is 357 g/mol. The number of unbranched alkanes of at least 4 members (excludes halogenated alkanes) is 3. The highest BCUT2D eigenvalue weighted by molar-refractivity contribution is 5.97. The van der Waals surface area contributed by atoms with Gasteiger partial charge in [-0.05, 0) is 44.5 Å². The summed E-state index contributed by atoms with van der Waals surface area (Å²) in [6.45, 7) is 6.66. The second-order valence-electron chi connectivity index (χ2n) is 6.04. The quantitative estimate of drug-likeness (QED) is 0.535. The SMILES string of the molecule is CCCCCCOc1ccc(-c2nc(N)nc(C)c2C(=O)OCC)cc1. The Morgan fingerprint density at radius 1 is 1.08 bits per heavy atom. The van der Waals surface area contributed by atoms with Gasteiger partial charge >= 0.3 is 5.97 Å². The summed E-state index contributed by atoms with van der Waals surface area (Å²) in [7, 11) is 0. The van der Waals surface area contributed by atoms with Crippen molar-refractivity contribution in [2.75, 3.05) is 18.9 Å². The topological polar surface area (TPSA) is 87.3 Å². The Hall–Kier alpha value is -2.63. The Morgan fingerprint density at radius 2 is 1.81 bits per heavy atom. The lowest BCUT2D eigenvalue weighted by Crippen LogP contribution is -2.13. The number of carbonyl (C=O) groups is 1. The number of nitrogen functional groups attached to an aromatic ring is 1. The molecule has 1 aromatic carbocycles. The maximum atomic E-state index is 12.3. The number of nitrogens with zero attached hydrogens (tertiary/aromatic N) is 2. The summed E-state index contributed by atoms with van der Waals surface area (Å²) >= 11 is 0. The van der Waals surface area contributed by atoms with Gasteiger partial charge in [0.25, 0.3) is 0 Å². The molecule has 2 rings (SSSR count). The first-order valence-corrected chi connectivity index (χ1v) is 9.11. The Balaban J connectivity index is 2.19. The first-order chi connectivity index (χ1) is 12.6. The molecule has 0 aliphatic carbocycles. The highest BCUT2D eigenvalue weighted by atomic mass is 16.5. The summed E-state index contributed by atoms with van der Waals surface area (Å²) in [6, 6.07) is 7.48. The molecule has 1 heterocycles. The minimum absolute atomic E-state index is 0.127. The maximum absolute atomic E-state index is 12.3. The maximum Gasteiger partial charge on any atom is 0.342 e. The minimum Gasteiger partial charge on any atom is -0.494 e. The highest BCUT2D eigenvalue weighted by Crippen LogP contribution is 2.27. The average Bonchev–Trinajstić information content (AvgIpc) is 2.61. The van der Waals surface area contributed by atoms with Crippen LogP contribution in [0.2, 0.25) is 0 Å². The fraction of sp³-hybridized carbons (Fsp3) is 0.450. The van der Waals surface area contributed by atoms with Crippen LogP contribution in [0.1, 0.15) is 55.6 Å². The number of benzene rings is 1. The molecule has 0 radical (unpaired) electrons. The molecule has 0 amide bonds. The van der Waals surface area contributed by atoms with Gasteiger partial charge in [0.1, 0.15) is 11.3 Å². The zero-order valence-electron chi connectivity index (χ0n) is 15.7. The predicted octanol–water partition coefficient (Wildman–Crippen LogP) is 4.17. The van der Waals surface area contributed by atoms with Gasteiger partial charge in [-0.1, -0.05) is 26.2 Å². The summed E-state index contributed by atoms with van der Waals surface area (Å²) in [5.74, 6) is 0.472. The smallest absolute Gasteiger partial charge is 0.342 e. The molecule has 0 bridgehead atoms. The Morgan fingerprint density at radius 3 is 2.46 bits per heavy atom. The van der Waals surface area contributed by atoms with Crippen LogP contribution >= 0.6 is 0 Å². The van der Waals surface area contributed by atoms with E-state index in [4.69, 9.17) is 15.2 Å². The number of rotatable bonds is 9. The largest absolute Gasteiger partial charge is 0.494 e. The van der Waals surface area contributed by atoms with Gasteiger partial charge in [-0.3, -0.25) is 0 Å². The molecular formula is C20H27N3O3. The molecule has 0 atom stereocenters. The van der Waals surface area contributed by atoms with Crippen molar-refractivity contribution >= 4 is 11.9 Å². The summed E-state index contributed by atoms with van der Waals surface area (Å²) in [5.41, 5.74) is 7.86. The first-order valence-electron chi connectivity index (χ1n) is 9.11. The van der Waals surface area contributed by atoms with Crippen molar-refractivity contribution in [2.45, 2.75) is 46.5 Å². The number of ether oxygens (including phenoxy) is 2. The molecule has 0 fully saturated rings. The lowest BCUT2D eigenvalue weighted by Gasteiger charge is -2.12. The van der Waals surface area contributed by atoms with Gasteiger partial charge in [0.15, 0.2) is 0 Å².